The lowest BCUT2D eigenvalue weighted by atomic mass is 10.2. The predicted molar refractivity (Wildman–Crippen MR) is 114 cm³/mol. The van der Waals surface area contributed by atoms with E-state index in [2.05, 4.69) is 4.90 Å². The minimum atomic E-state index is -0.481. The molecule has 4 rings (SSSR count). The zero-order chi connectivity index (χ0) is 21.1. The number of rotatable bonds is 6. The molecule has 0 atom stereocenters. The lowest BCUT2D eigenvalue weighted by Gasteiger charge is -2.26. The molecule has 2 aromatic heterocycles. The Balaban J connectivity index is 1.55. The van der Waals surface area contributed by atoms with Crippen LogP contribution in [0, 0.1) is 0 Å². The molecule has 1 aliphatic heterocycles. The zero-order valence-corrected chi connectivity index (χ0v) is 17.5. The topological polar surface area (TPSA) is 82.8 Å². The maximum atomic E-state index is 12.9. The van der Waals surface area contributed by atoms with E-state index in [1.54, 1.807) is 7.05 Å². The number of thiophene rings is 1. The summed E-state index contributed by atoms with van der Waals surface area (Å²) in [7, 11) is 1.61. The van der Waals surface area contributed by atoms with Crippen molar-refractivity contribution in [1.29, 1.82) is 0 Å². The fourth-order valence-electron chi connectivity index (χ4n) is 3.45. The number of benzene rings is 1. The largest absolute Gasteiger partial charge is 0.460 e. The number of carbonyl (C=O) groups is 1. The third-order valence-corrected chi connectivity index (χ3v) is 6.33. The van der Waals surface area contributed by atoms with Gasteiger partial charge in [0.1, 0.15) is 16.3 Å². The zero-order valence-electron chi connectivity index (χ0n) is 16.7. The Hall–Kier alpha value is -2.75. The molecule has 0 bridgehead atoms. The molecule has 0 amide bonds. The van der Waals surface area contributed by atoms with Gasteiger partial charge in [-0.1, -0.05) is 30.3 Å². The summed E-state index contributed by atoms with van der Waals surface area (Å²) in [4.78, 5) is 41.1. The third-order valence-electron chi connectivity index (χ3n) is 5.14. The average molecular weight is 429 g/mol. The lowest BCUT2D eigenvalue weighted by Crippen LogP contribution is -2.38. The van der Waals surface area contributed by atoms with E-state index in [0.29, 0.717) is 34.9 Å². The van der Waals surface area contributed by atoms with Crippen LogP contribution in [-0.2, 0) is 23.1 Å². The number of aryl methyl sites for hydroxylation is 1. The molecule has 0 spiro atoms. The van der Waals surface area contributed by atoms with E-state index in [1.807, 2.05) is 30.3 Å². The van der Waals surface area contributed by atoms with Crippen LogP contribution in [0.1, 0.15) is 15.2 Å². The molecule has 1 aliphatic rings. The van der Waals surface area contributed by atoms with Crippen LogP contribution in [-0.4, -0.2) is 59.5 Å². The van der Waals surface area contributed by atoms with Crippen LogP contribution in [0.25, 0.3) is 10.2 Å². The van der Waals surface area contributed by atoms with Crippen molar-refractivity contribution in [3.05, 3.63) is 67.7 Å². The van der Waals surface area contributed by atoms with Crippen molar-refractivity contribution in [2.45, 2.75) is 6.54 Å². The van der Waals surface area contributed by atoms with Crippen LogP contribution in [0.5, 0.6) is 0 Å². The monoisotopic (exact) mass is 429 g/mol. The molecule has 1 saturated heterocycles. The SMILES string of the molecule is Cn1c(=O)n(Cc2ccccc2)c(=O)c2cc(C(=O)OCCN3CCOCC3)sc21. The van der Waals surface area contributed by atoms with Crippen molar-refractivity contribution in [2.75, 3.05) is 39.5 Å². The van der Waals surface area contributed by atoms with Gasteiger partial charge < -0.3 is 9.47 Å². The van der Waals surface area contributed by atoms with E-state index >= 15 is 0 Å². The van der Waals surface area contributed by atoms with Gasteiger partial charge in [0.15, 0.2) is 0 Å². The maximum Gasteiger partial charge on any atom is 0.348 e. The second kappa shape index (κ2) is 8.95. The van der Waals surface area contributed by atoms with Gasteiger partial charge >= 0.3 is 11.7 Å². The summed E-state index contributed by atoms with van der Waals surface area (Å²) in [6, 6.07) is 10.9. The summed E-state index contributed by atoms with van der Waals surface area (Å²) >= 11 is 1.10. The molecule has 0 N–H and O–H groups in total. The van der Waals surface area contributed by atoms with E-state index in [-0.39, 0.29) is 13.2 Å². The molecule has 1 aromatic carbocycles. The second-order valence-electron chi connectivity index (χ2n) is 7.14. The van der Waals surface area contributed by atoms with Gasteiger partial charge in [-0.05, 0) is 11.6 Å². The van der Waals surface area contributed by atoms with Crippen LogP contribution in [0.2, 0.25) is 0 Å². The minimum Gasteiger partial charge on any atom is -0.460 e. The predicted octanol–water partition coefficient (Wildman–Crippen LogP) is 1.30. The molecular formula is C21H23N3O5S. The maximum absolute atomic E-state index is 12.9. The highest BCUT2D eigenvalue weighted by atomic mass is 32.1. The van der Waals surface area contributed by atoms with E-state index in [1.165, 1.54) is 15.2 Å². The quantitative estimate of drug-likeness (QED) is 0.550. The third kappa shape index (κ3) is 4.23. The first kappa shape index (κ1) is 20.5. The van der Waals surface area contributed by atoms with Crippen LogP contribution in [0.4, 0.5) is 0 Å². The van der Waals surface area contributed by atoms with Gasteiger partial charge in [-0.2, -0.15) is 0 Å². The molecule has 1 fully saturated rings. The molecule has 158 valence electrons. The first-order valence-corrected chi connectivity index (χ1v) is 10.6. The average Bonchev–Trinajstić information content (AvgIpc) is 3.23. The number of nitrogens with zero attached hydrogens (tertiary/aromatic N) is 3. The van der Waals surface area contributed by atoms with Crippen LogP contribution >= 0.6 is 11.3 Å². The minimum absolute atomic E-state index is 0.178. The Labute approximate surface area is 176 Å². The summed E-state index contributed by atoms with van der Waals surface area (Å²) in [6.07, 6.45) is 0. The summed E-state index contributed by atoms with van der Waals surface area (Å²) in [6.45, 7) is 4.11. The first-order chi connectivity index (χ1) is 14.5. The number of hydrogen-bond donors (Lipinski definition) is 0. The van der Waals surface area contributed by atoms with Crippen molar-refractivity contribution < 1.29 is 14.3 Å². The first-order valence-electron chi connectivity index (χ1n) is 9.79. The van der Waals surface area contributed by atoms with Crippen molar-refractivity contribution in [3.63, 3.8) is 0 Å². The molecule has 0 unspecified atom stereocenters. The van der Waals surface area contributed by atoms with Gasteiger partial charge in [0, 0.05) is 26.7 Å². The fraction of sp³-hybridized carbons (Fsp3) is 0.381. The van der Waals surface area contributed by atoms with Crippen molar-refractivity contribution in [2.24, 2.45) is 7.05 Å². The van der Waals surface area contributed by atoms with Gasteiger partial charge in [-0.15, -0.1) is 11.3 Å². The van der Waals surface area contributed by atoms with Gasteiger partial charge in [-0.3, -0.25) is 18.8 Å². The van der Waals surface area contributed by atoms with Gasteiger partial charge in [0.25, 0.3) is 5.56 Å². The Morgan fingerprint density at radius 1 is 1.17 bits per heavy atom. The smallest absolute Gasteiger partial charge is 0.348 e. The highest BCUT2D eigenvalue weighted by Gasteiger charge is 2.19. The lowest BCUT2D eigenvalue weighted by molar-refractivity contribution is 0.0197. The number of aromatic nitrogens is 2. The summed E-state index contributed by atoms with van der Waals surface area (Å²) in [5.41, 5.74) is 0.0417. The number of hydrogen-bond acceptors (Lipinski definition) is 7. The highest BCUT2D eigenvalue weighted by molar-refractivity contribution is 7.20. The highest BCUT2D eigenvalue weighted by Crippen LogP contribution is 2.22. The molecular weight excluding hydrogens is 406 g/mol. The van der Waals surface area contributed by atoms with E-state index in [0.717, 1.165) is 30.0 Å². The molecule has 3 aromatic rings. The Morgan fingerprint density at radius 2 is 1.90 bits per heavy atom. The van der Waals surface area contributed by atoms with Crippen LogP contribution in [0.3, 0.4) is 0 Å². The van der Waals surface area contributed by atoms with Gasteiger partial charge in [-0.25, -0.2) is 9.59 Å². The summed E-state index contributed by atoms with van der Waals surface area (Å²) in [5, 5.41) is 0.346. The standard InChI is InChI=1S/C21H23N3O5S/c1-22-19-16(18(25)24(21(22)27)14-15-5-3-2-4-6-15)13-17(30-19)20(26)29-12-9-23-7-10-28-11-8-23/h2-6,13H,7-12,14H2,1H3. The molecule has 8 nitrogen and oxygen atoms in total. The fourth-order valence-corrected chi connectivity index (χ4v) is 4.45. The molecule has 0 saturated carbocycles. The molecule has 3 heterocycles. The molecule has 30 heavy (non-hydrogen) atoms. The summed E-state index contributed by atoms with van der Waals surface area (Å²) in [5.74, 6) is -0.481. The Bertz CT molecular complexity index is 1160. The van der Waals surface area contributed by atoms with Gasteiger partial charge in [0.2, 0.25) is 0 Å². The van der Waals surface area contributed by atoms with Crippen molar-refractivity contribution in [1.82, 2.24) is 14.0 Å². The van der Waals surface area contributed by atoms with Crippen LogP contribution in [0.15, 0.2) is 46.0 Å². The molecule has 0 aliphatic carbocycles. The number of ether oxygens (including phenoxy) is 2. The number of esters is 1. The second-order valence-corrected chi connectivity index (χ2v) is 8.17. The van der Waals surface area contributed by atoms with Crippen molar-refractivity contribution in [3.8, 4) is 0 Å². The van der Waals surface area contributed by atoms with E-state index in [4.69, 9.17) is 9.47 Å². The number of carbonyl (C=O) groups excluding carboxylic acids is 1. The Morgan fingerprint density at radius 3 is 2.63 bits per heavy atom. The molecule has 0 radical (unpaired) electrons. The summed E-state index contributed by atoms with van der Waals surface area (Å²) < 4.78 is 13.3. The van der Waals surface area contributed by atoms with Gasteiger partial charge in [0.05, 0.1) is 25.1 Å². The van der Waals surface area contributed by atoms with E-state index < -0.39 is 17.2 Å². The van der Waals surface area contributed by atoms with E-state index in [9.17, 15) is 14.4 Å². The normalized spacial score (nSPS) is 14.8. The Kier molecular flexibility index (Phi) is 6.12. The van der Waals surface area contributed by atoms with Crippen LogP contribution < -0.4 is 11.2 Å². The number of fused-ring (bicyclic) bond motifs is 1. The number of morpholine rings is 1. The molecule has 9 heteroatoms. The van der Waals surface area contributed by atoms with Crippen molar-refractivity contribution >= 4 is 27.5 Å².